The van der Waals surface area contributed by atoms with Gasteiger partial charge in [0, 0.05) is 23.5 Å². The van der Waals surface area contributed by atoms with E-state index in [0.717, 1.165) is 41.1 Å². The van der Waals surface area contributed by atoms with Gasteiger partial charge < -0.3 is 5.73 Å². The van der Waals surface area contributed by atoms with E-state index in [0.29, 0.717) is 5.95 Å². The van der Waals surface area contributed by atoms with Crippen LogP contribution in [0.4, 0.5) is 5.95 Å². The molecule has 3 rings (SSSR count). The van der Waals surface area contributed by atoms with E-state index in [2.05, 4.69) is 33.3 Å². The molecule has 3 aromatic heterocycles. The zero-order valence-electron chi connectivity index (χ0n) is 12.5. The lowest BCUT2D eigenvalue weighted by Gasteiger charge is -2.13. The largest absolute Gasteiger partial charge is 0.368 e. The number of pyridine rings is 1. The predicted molar refractivity (Wildman–Crippen MR) is 91.6 cm³/mol. The van der Waals surface area contributed by atoms with E-state index in [1.54, 1.807) is 23.7 Å². The average Bonchev–Trinajstić information content (AvgIpc) is 3.08. The molecule has 4 nitrogen and oxygen atoms in total. The molecular formula is C17H18N4S. The van der Waals surface area contributed by atoms with Crippen LogP contribution in [0.15, 0.2) is 42.0 Å². The Labute approximate surface area is 134 Å². The quantitative estimate of drug-likeness (QED) is 0.767. The fraction of sp³-hybridized carbons (Fsp3) is 0.235. The van der Waals surface area contributed by atoms with Crippen LogP contribution in [0.2, 0.25) is 0 Å². The van der Waals surface area contributed by atoms with Crippen LogP contribution in [-0.2, 0) is 6.42 Å². The summed E-state index contributed by atoms with van der Waals surface area (Å²) in [6.45, 7) is 2.19. The van der Waals surface area contributed by atoms with Crippen molar-refractivity contribution in [2.75, 3.05) is 5.73 Å². The molecule has 0 radical (unpaired) electrons. The van der Waals surface area contributed by atoms with Crippen molar-refractivity contribution in [2.24, 2.45) is 0 Å². The van der Waals surface area contributed by atoms with E-state index in [1.165, 1.54) is 5.56 Å². The van der Waals surface area contributed by atoms with Gasteiger partial charge in [0.05, 0.1) is 16.3 Å². The van der Waals surface area contributed by atoms with Crippen molar-refractivity contribution in [3.8, 4) is 21.8 Å². The zero-order chi connectivity index (χ0) is 15.4. The van der Waals surface area contributed by atoms with Gasteiger partial charge in [0.25, 0.3) is 0 Å². The number of unbranched alkanes of at least 4 members (excludes halogenated alkanes) is 1. The number of nitrogen functional groups attached to an aromatic ring is 1. The smallest absolute Gasteiger partial charge is 0.221 e. The molecule has 22 heavy (non-hydrogen) atoms. The third-order valence-corrected chi connectivity index (χ3v) is 4.39. The Morgan fingerprint density at radius 3 is 2.55 bits per heavy atom. The molecule has 0 unspecified atom stereocenters. The highest BCUT2D eigenvalue weighted by atomic mass is 32.1. The number of nitrogens with two attached hydrogens (primary N) is 1. The molecule has 2 N–H and O–H groups in total. The molecule has 3 aromatic rings. The van der Waals surface area contributed by atoms with Crippen LogP contribution in [-0.4, -0.2) is 15.0 Å². The molecule has 112 valence electrons. The second-order valence-electron chi connectivity index (χ2n) is 5.07. The summed E-state index contributed by atoms with van der Waals surface area (Å²) < 4.78 is 0. The number of rotatable bonds is 5. The van der Waals surface area contributed by atoms with Crippen molar-refractivity contribution in [1.29, 1.82) is 0 Å². The van der Waals surface area contributed by atoms with Crippen LogP contribution in [0.5, 0.6) is 0 Å². The first kappa shape index (κ1) is 14.7. The Balaban J connectivity index is 2.20. The van der Waals surface area contributed by atoms with Crippen molar-refractivity contribution in [3.05, 3.63) is 47.6 Å². The van der Waals surface area contributed by atoms with Gasteiger partial charge in [-0.3, -0.25) is 4.98 Å². The van der Waals surface area contributed by atoms with Crippen molar-refractivity contribution < 1.29 is 0 Å². The van der Waals surface area contributed by atoms with Gasteiger partial charge in [-0.25, -0.2) is 9.97 Å². The van der Waals surface area contributed by atoms with Crippen molar-refractivity contribution in [2.45, 2.75) is 26.2 Å². The van der Waals surface area contributed by atoms with Crippen LogP contribution in [0, 0.1) is 0 Å². The van der Waals surface area contributed by atoms with Gasteiger partial charge in [-0.05, 0) is 36.4 Å². The molecular weight excluding hydrogens is 292 g/mol. The van der Waals surface area contributed by atoms with Crippen molar-refractivity contribution in [1.82, 2.24) is 15.0 Å². The average molecular weight is 310 g/mol. The Morgan fingerprint density at radius 2 is 1.86 bits per heavy atom. The highest BCUT2D eigenvalue weighted by molar-refractivity contribution is 7.13. The van der Waals surface area contributed by atoms with Gasteiger partial charge in [-0.15, -0.1) is 11.3 Å². The summed E-state index contributed by atoms with van der Waals surface area (Å²) in [5, 5.41) is 2.06. The lowest BCUT2D eigenvalue weighted by molar-refractivity contribution is 0.792. The lowest BCUT2D eigenvalue weighted by atomic mass is 9.99. The number of hydrogen-bond acceptors (Lipinski definition) is 5. The maximum Gasteiger partial charge on any atom is 0.221 e. The Bertz CT molecular complexity index is 739. The van der Waals surface area contributed by atoms with Crippen molar-refractivity contribution in [3.63, 3.8) is 0 Å². The molecule has 5 heteroatoms. The summed E-state index contributed by atoms with van der Waals surface area (Å²) in [4.78, 5) is 14.2. The molecule has 0 aliphatic rings. The summed E-state index contributed by atoms with van der Waals surface area (Å²) in [5.74, 6) is 0.315. The zero-order valence-corrected chi connectivity index (χ0v) is 13.3. The van der Waals surface area contributed by atoms with E-state index < -0.39 is 0 Å². The molecule has 0 aromatic carbocycles. The van der Waals surface area contributed by atoms with E-state index in [1.807, 2.05) is 18.2 Å². The first-order chi connectivity index (χ1) is 10.8. The summed E-state index contributed by atoms with van der Waals surface area (Å²) in [6.07, 6.45) is 6.74. The molecule has 0 saturated carbocycles. The first-order valence-electron chi connectivity index (χ1n) is 7.40. The molecule has 0 amide bonds. The van der Waals surface area contributed by atoms with Crippen LogP contribution in [0.1, 0.15) is 25.3 Å². The first-order valence-corrected chi connectivity index (χ1v) is 8.28. The van der Waals surface area contributed by atoms with Gasteiger partial charge in [0.1, 0.15) is 0 Å². The van der Waals surface area contributed by atoms with Gasteiger partial charge in [0.2, 0.25) is 5.95 Å². The molecule has 0 aliphatic carbocycles. The van der Waals surface area contributed by atoms with Crippen LogP contribution >= 0.6 is 11.3 Å². The van der Waals surface area contributed by atoms with E-state index in [-0.39, 0.29) is 0 Å². The molecule has 0 saturated heterocycles. The highest BCUT2D eigenvalue weighted by Crippen LogP contribution is 2.33. The van der Waals surface area contributed by atoms with Crippen LogP contribution in [0.25, 0.3) is 21.8 Å². The Kier molecular flexibility index (Phi) is 4.44. The summed E-state index contributed by atoms with van der Waals surface area (Å²) in [7, 11) is 0. The highest BCUT2D eigenvalue weighted by Gasteiger charge is 2.16. The fourth-order valence-corrected chi connectivity index (χ4v) is 3.20. The SMILES string of the molecule is CCCCc1c(-c2ccncc2)nc(N)nc1-c1cccs1. The van der Waals surface area contributed by atoms with E-state index in [9.17, 15) is 0 Å². The Morgan fingerprint density at radius 1 is 1.09 bits per heavy atom. The standard InChI is InChI=1S/C17H18N4S/c1-2-3-5-13-15(12-7-9-19-10-8-12)20-17(18)21-16(13)14-6-4-11-22-14/h4,6-11H,2-3,5H2,1H3,(H2,18,20,21). The number of thiophene rings is 1. The maximum absolute atomic E-state index is 5.97. The minimum Gasteiger partial charge on any atom is -0.368 e. The molecule has 0 spiro atoms. The third-order valence-electron chi connectivity index (χ3n) is 3.51. The molecule has 3 heterocycles. The fourth-order valence-electron chi connectivity index (χ4n) is 2.46. The van der Waals surface area contributed by atoms with E-state index in [4.69, 9.17) is 5.73 Å². The third kappa shape index (κ3) is 2.99. The minimum absolute atomic E-state index is 0.315. The summed E-state index contributed by atoms with van der Waals surface area (Å²) >= 11 is 1.68. The monoisotopic (exact) mass is 310 g/mol. The predicted octanol–water partition coefficient (Wildman–Crippen LogP) is 4.19. The van der Waals surface area contributed by atoms with Gasteiger partial charge in [0.15, 0.2) is 0 Å². The molecule has 0 atom stereocenters. The maximum atomic E-state index is 5.97. The number of hydrogen-bond donors (Lipinski definition) is 1. The van der Waals surface area contributed by atoms with Gasteiger partial charge in [-0.2, -0.15) is 0 Å². The number of aromatic nitrogens is 3. The van der Waals surface area contributed by atoms with Crippen LogP contribution in [0.3, 0.4) is 0 Å². The number of nitrogens with zero attached hydrogens (tertiary/aromatic N) is 3. The Hall–Kier alpha value is -2.27. The van der Waals surface area contributed by atoms with Gasteiger partial charge >= 0.3 is 0 Å². The number of anilines is 1. The van der Waals surface area contributed by atoms with Gasteiger partial charge in [-0.1, -0.05) is 19.4 Å². The molecule has 0 bridgehead atoms. The topological polar surface area (TPSA) is 64.7 Å². The van der Waals surface area contributed by atoms with E-state index >= 15 is 0 Å². The molecule has 0 fully saturated rings. The second-order valence-corrected chi connectivity index (χ2v) is 6.02. The summed E-state index contributed by atoms with van der Waals surface area (Å²) in [6, 6.07) is 8.05. The summed E-state index contributed by atoms with van der Waals surface area (Å²) in [5.41, 5.74) is 10.1. The normalized spacial score (nSPS) is 10.8. The molecule has 0 aliphatic heterocycles. The van der Waals surface area contributed by atoms with Crippen molar-refractivity contribution >= 4 is 17.3 Å². The minimum atomic E-state index is 0.315. The second kappa shape index (κ2) is 6.66. The van der Waals surface area contributed by atoms with Crippen LogP contribution < -0.4 is 5.73 Å². The lowest BCUT2D eigenvalue weighted by Crippen LogP contribution is -2.04.